The number of alkyl halides is 1. The molecule has 2 aromatic heterocycles. The fourth-order valence-electron chi connectivity index (χ4n) is 2.65. The van der Waals surface area contributed by atoms with Crippen molar-refractivity contribution in [3.8, 4) is 0 Å². The van der Waals surface area contributed by atoms with E-state index < -0.39 is 6.17 Å². The first kappa shape index (κ1) is 15.0. The summed E-state index contributed by atoms with van der Waals surface area (Å²) in [5.74, 6) is 0. The van der Waals surface area contributed by atoms with Crippen LogP contribution >= 0.6 is 22.9 Å². The van der Waals surface area contributed by atoms with Crippen molar-refractivity contribution in [2.75, 3.05) is 13.1 Å². The lowest BCUT2D eigenvalue weighted by Gasteiger charge is -2.23. The molecule has 1 aliphatic rings. The van der Waals surface area contributed by atoms with Gasteiger partial charge in [-0.2, -0.15) is 0 Å². The van der Waals surface area contributed by atoms with E-state index in [9.17, 15) is 4.39 Å². The molecule has 0 aliphatic carbocycles. The Labute approximate surface area is 131 Å². The monoisotopic (exact) mass is 327 g/mol. The van der Waals surface area contributed by atoms with E-state index in [0.29, 0.717) is 19.5 Å². The highest BCUT2D eigenvalue weighted by Gasteiger charge is 2.32. The van der Waals surface area contributed by atoms with Gasteiger partial charge in [-0.1, -0.05) is 4.49 Å². The first-order valence-corrected chi connectivity index (χ1v) is 8.68. The summed E-state index contributed by atoms with van der Waals surface area (Å²) in [7, 11) is 0. The van der Waals surface area contributed by atoms with Gasteiger partial charge in [0.15, 0.2) is 0 Å². The lowest BCUT2D eigenvalue weighted by molar-refractivity contribution is 0.228. The predicted molar refractivity (Wildman–Crippen MR) is 82.2 cm³/mol. The Kier molecular flexibility index (Phi) is 4.89. The van der Waals surface area contributed by atoms with E-state index in [2.05, 4.69) is 30.2 Å². The molecule has 0 spiro atoms. The molecule has 0 saturated carbocycles. The van der Waals surface area contributed by atoms with E-state index in [1.807, 2.05) is 12.3 Å². The number of nitrogens with zero attached hydrogens (tertiary/aromatic N) is 4. The van der Waals surface area contributed by atoms with Crippen molar-refractivity contribution < 1.29 is 4.39 Å². The van der Waals surface area contributed by atoms with E-state index in [0.717, 1.165) is 29.5 Å². The third-order valence-electron chi connectivity index (χ3n) is 3.60. The van der Waals surface area contributed by atoms with Crippen molar-refractivity contribution in [3.63, 3.8) is 0 Å². The zero-order valence-electron chi connectivity index (χ0n) is 11.8. The van der Waals surface area contributed by atoms with Crippen molar-refractivity contribution in [3.05, 3.63) is 27.2 Å². The van der Waals surface area contributed by atoms with Crippen LogP contribution in [0.2, 0.25) is 0 Å². The van der Waals surface area contributed by atoms with Gasteiger partial charge in [0.05, 0.1) is 16.4 Å². The fraction of sp³-hybridized carbons (Fsp3) is 0.615. The Balaban J connectivity index is 1.52. The van der Waals surface area contributed by atoms with Gasteiger partial charge in [-0.05, 0) is 24.9 Å². The second-order valence-corrected chi connectivity index (χ2v) is 6.97. The van der Waals surface area contributed by atoms with Gasteiger partial charge in [0, 0.05) is 43.0 Å². The van der Waals surface area contributed by atoms with Crippen LogP contribution in [-0.2, 0) is 13.1 Å². The van der Waals surface area contributed by atoms with Crippen LogP contribution in [0.4, 0.5) is 4.39 Å². The average Bonchev–Trinajstić information content (AvgIpc) is 3.14. The number of aromatic nitrogens is 3. The smallest absolute Gasteiger partial charge is 0.114 e. The van der Waals surface area contributed by atoms with Crippen molar-refractivity contribution in [2.45, 2.75) is 38.6 Å². The Hall–Kier alpha value is -0.960. The van der Waals surface area contributed by atoms with E-state index >= 15 is 0 Å². The molecule has 3 heterocycles. The highest BCUT2D eigenvalue weighted by Crippen LogP contribution is 2.23. The Morgan fingerprint density at radius 1 is 1.43 bits per heavy atom. The number of aryl methyl sites for hydroxylation is 1. The van der Waals surface area contributed by atoms with Gasteiger partial charge >= 0.3 is 0 Å². The van der Waals surface area contributed by atoms with E-state index in [1.165, 1.54) is 11.5 Å². The minimum atomic E-state index is -0.738. The van der Waals surface area contributed by atoms with Gasteiger partial charge in [0.1, 0.15) is 6.17 Å². The summed E-state index contributed by atoms with van der Waals surface area (Å²) in [6.45, 7) is 4.68. The number of halogens is 1. The topological polar surface area (TPSA) is 53.9 Å². The van der Waals surface area contributed by atoms with Gasteiger partial charge in [-0.25, -0.2) is 9.37 Å². The van der Waals surface area contributed by atoms with Crippen LogP contribution in [0, 0.1) is 6.92 Å². The van der Waals surface area contributed by atoms with Gasteiger partial charge < -0.3 is 5.32 Å². The van der Waals surface area contributed by atoms with Crippen LogP contribution in [-0.4, -0.2) is 44.8 Å². The molecule has 8 heteroatoms. The molecule has 1 aliphatic heterocycles. The second kappa shape index (κ2) is 6.87. The number of hydrogen-bond donors (Lipinski definition) is 1. The van der Waals surface area contributed by atoms with E-state index in [-0.39, 0.29) is 6.04 Å². The first-order chi connectivity index (χ1) is 10.2. The van der Waals surface area contributed by atoms with Crippen molar-refractivity contribution in [1.29, 1.82) is 0 Å². The fourth-order valence-corrected chi connectivity index (χ4v) is 3.70. The summed E-state index contributed by atoms with van der Waals surface area (Å²) in [5, 5.41) is 12.4. The minimum absolute atomic E-state index is 0.216. The van der Waals surface area contributed by atoms with Gasteiger partial charge in [0.25, 0.3) is 0 Å². The molecule has 0 amide bonds. The Morgan fingerprint density at radius 2 is 2.33 bits per heavy atom. The Bertz CT molecular complexity index is 559. The summed E-state index contributed by atoms with van der Waals surface area (Å²) >= 11 is 2.99. The van der Waals surface area contributed by atoms with E-state index in [4.69, 9.17) is 0 Å². The molecule has 1 fully saturated rings. The largest absolute Gasteiger partial charge is 0.310 e. The van der Waals surface area contributed by atoms with Crippen LogP contribution in [0.15, 0.2) is 10.8 Å². The molecule has 0 aromatic carbocycles. The second-order valence-electron chi connectivity index (χ2n) is 5.30. The zero-order valence-corrected chi connectivity index (χ0v) is 13.5. The predicted octanol–water partition coefficient (Wildman–Crippen LogP) is 2.01. The molecule has 2 atom stereocenters. The molecular weight excluding hydrogens is 309 g/mol. The van der Waals surface area contributed by atoms with Crippen molar-refractivity contribution in [1.82, 2.24) is 24.8 Å². The van der Waals surface area contributed by atoms with Crippen LogP contribution in [0.3, 0.4) is 0 Å². The molecule has 21 heavy (non-hydrogen) atoms. The van der Waals surface area contributed by atoms with Crippen molar-refractivity contribution in [2.24, 2.45) is 0 Å². The average molecular weight is 327 g/mol. The summed E-state index contributed by atoms with van der Waals surface area (Å²) < 4.78 is 17.6. The van der Waals surface area contributed by atoms with Crippen molar-refractivity contribution >= 4 is 22.9 Å². The Morgan fingerprint density at radius 3 is 3.05 bits per heavy atom. The molecule has 5 nitrogen and oxygen atoms in total. The summed E-state index contributed by atoms with van der Waals surface area (Å²) in [4.78, 5) is 6.66. The highest BCUT2D eigenvalue weighted by atomic mass is 32.1. The lowest BCUT2D eigenvalue weighted by atomic mass is 10.2. The van der Waals surface area contributed by atoms with E-state index in [1.54, 1.807) is 11.3 Å². The SMILES string of the molecule is Cc1nc(CN2C[C@@H](F)C[C@H]2CNCc2csnn2)cs1. The number of thiazole rings is 1. The molecule has 2 aromatic rings. The molecule has 114 valence electrons. The molecule has 3 rings (SSSR count). The molecule has 0 unspecified atom stereocenters. The number of nitrogens with one attached hydrogen (secondary N) is 1. The molecule has 0 radical (unpaired) electrons. The third kappa shape index (κ3) is 4.03. The molecule has 0 bridgehead atoms. The zero-order chi connectivity index (χ0) is 14.7. The number of likely N-dealkylation sites (tertiary alicyclic amines) is 1. The van der Waals surface area contributed by atoms with Crippen LogP contribution < -0.4 is 5.32 Å². The lowest BCUT2D eigenvalue weighted by Crippen LogP contribution is -2.37. The number of rotatable bonds is 6. The summed E-state index contributed by atoms with van der Waals surface area (Å²) in [6.07, 6.45) is -0.150. The minimum Gasteiger partial charge on any atom is -0.310 e. The maximum absolute atomic E-state index is 13.7. The number of hydrogen-bond acceptors (Lipinski definition) is 7. The maximum atomic E-state index is 13.7. The summed E-state index contributed by atoms with van der Waals surface area (Å²) in [6, 6.07) is 0.216. The molecule has 1 saturated heterocycles. The maximum Gasteiger partial charge on any atom is 0.114 e. The normalized spacial score (nSPS) is 23.0. The summed E-state index contributed by atoms with van der Waals surface area (Å²) in [5.41, 5.74) is 1.98. The third-order valence-corrected chi connectivity index (χ3v) is 4.98. The highest BCUT2D eigenvalue weighted by molar-refractivity contribution is 7.09. The van der Waals surface area contributed by atoms with Crippen LogP contribution in [0.1, 0.15) is 22.8 Å². The first-order valence-electron chi connectivity index (χ1n) is 6.96. The van der Waals surface area contributed by atoms with Gasteiger partial charge in [0.2, 0.25) is 0 Å². The standard InChI is InChI=1S/C13H18FN5S2/c1-9-16-12(7-20-9)6-19-5-10(14)2-13(19)4-15-3-11-8-21-18-17-11/h7-8,10,13,15H,2-6H2,1H3/t10-,13-/m0/s1. The quantitative estimate of drug-likeness (QED) is 0.879. The van der Waals surface area contributed by atoms with Gasteiger partial charge in [-0.15, -0.1) is 16.4 Å². The van der Waals surface area contributed by atoms with Gasteiger partial charge in [-0.3, -0.25) is 4.90 Å². The molecule has 1 N–H and O–H groups in total. The molecular formula is C13H18FN5S2. The van der Waals surface area contributed by atoms with Crippen LogP contribution in [0.5, 0.6) is 0 Å². The van der Waals surface area contributed by atoms with Crippen LogP contribution in [0.25, 0.3) is 0 Å².